The highest BCUT2D eigenvalue weighted by molar-refractivity contribution is 5.70. The molecule has 0 aromatic heterocycles. The van der Waals surface area contributed by atoms with Gasteiger partial charge in [0.15, 0.2) is 0 Å². The predicted octanol–water partition coefficient (Wildman–Crippen LogP) is -3.76. The predicted molar refractivity (Wildman–Crippen MR) is 119 cm³/mol. The van der Waals surface area contributed by atoms with Crippen LogP contribution in [-0.4, -0.2) is 167 Å². The van der Waals surface area contributed by atoms with Gasteiger partial charge in [-0.2, -0.15) is 0 Å². The first kappa shape index (κ1) is 30.1. The fraction of sp³-hybridized carbons (Fsp3) is 0.850. The van der Waals surface area contributed by atoms with E-state index in [0.717, 1.165) is 0 Å². The summed E-state index contributed by atoms with van der Waals surface area (Å²) in [6.07, 6.45) is -2.02. The van der Waals surface area contributed by atoms with Crippen LogP contribution in [0.2, 0.25) is 0 Å². The summed E-state index contributed by atoms with van der Waals surface area (Å²) in [5.41, 5.74) is 0. The van der Waals surface area contributed by atoms with Crippen LogP contribution in [0.4, 0.5) is 0 Å². The van der Waals surface area contributed by atoms with E-state index in [9.17, 15) is 34.8 Å². The lowest BCUT2D eigenvalue weighted by Crippen LogP contribution is -2.53. The molecule has 0 aromatic carbocycles. The van der Waals surface area contributed by atoms with Crippen LogP contribution < -0.4 is 5.32 Å². The molecule has 3 unspecified atom stereocenters. The third kappa shape index (κ3) is 13.7. The highest BCUT2D eigenvalue weighted by Crippen LogP contribution is 2.12. The highest BCUT2D eigenvalue weighted by atomic mass is 16.5. The SMILES string of the molecule is O=C(O)CN1CCNCCN(CC(=O)O)C(CC(O)COCC(O)CO)CN(CC(=O)O)CC1. The molecule has 14 heteroatoms. The molecule has 3 atom stereocenters. The molecule has 1 fully saturated rings. The smallest absolute Gasteiger partial charge is 0.317 e. The molecule has 198 valence electrons. The lowest BCUT2D eigenvalue weighted by atomic mass is 10.1. The van der Waals surface area contributed by atoms with Crippen LogP contribution in [0, 0.1) is 0 Å². The monoisotopic (exact) mass is 494 g/mol. The Kier molecular flexibility index (Phi) is 14.8. The molecule has 0 aromatic rings. The summed E-state index contributed by atoms with van der Waals surface area (Å²) in [5.74, 6) is -3.13. The molecule has 1 heterocycles. The normalized spacial score (nSPS) is 21.8. The molecule has 34 heavy (non-hydrogen) atoms. The molecule has 0 spiro atoms. The number of rotatable bonds is 13. The number of hydrogen-bond donors (Lipinski definition) is 7. The molecule has 1 saturated heterocycles. The van der Waals surface area contributed by atoms with Gasteiger partial charge in [0.05, 0.1) is 45.6 Å². The summed E-state index contributed by atoms with van der Waals surface area (Å²) in [6.45, 7) is 0.679. The zero-order valence-electron chi connectivity index (χ0n) is 19.3. The van der Waals surface area contributed by atoms with Crippen molar-refractivity contribution >= 4 is 17.9 Å². The van der Waals surface area contributed by atoms with Crippen molar-refractivity contribution in [2.75, 3.05) is 85.3 Å². The number of ether oxygens (including phenoxy) is 1. The maximum Gasteiger partial charge on any atom is 0.317 e. The molecule has 0 bridgehead atoms. The first-order valence-corrected chi connectivity index (χ1v) is 11.2. The van der Waals surface area contributed by atoms with Crippen LogP contribution in [-0.2, 0) is 19.1 Å². The zero-order chi connectivity index (χ0) is 25.5. The van der Waals surface area contributed by atoms with Gasteiger partial charge in [-0.25, -0.2) is 0 Å². The minimum absolute atomic E-state index is 0.0808. The largest absolute Gasteiger partial charge is 0.480 e. The summed E-state index contributed by atoms with van der Waals surface area (Å²) in [7, 11) is 0. The minimum Gasteiger partial charge on any atom is -0.480 e. The Balaban J connectivity index is 2.99. The molecule has 1 aliphatic rings. The van der Waals surface area contributed by atoms with Gasteiger partial charge < -0.3 is 40.7 Å². The van der Waals surface area contributed by atoms with E-state index in [1.54, 1.807) is 14.7 Å². The molecule has 0 amide bonds. The van der Waals surface area contributed by atoms with Crippen molar-refractivity contribution in [1.82, 2.24) is 20.0 Å². The van der Waals surface area contributed by atoms with Gasteiger partial charge in [-0.1, -0.05) is 0 Å². The Hall–Kier alpha value is -1.91. The van der Waals surface area contributed by atoms with Gasteiger partial charge in [-0.3, -0.25) is 29.1 Å². The van der Waals surface area contributed by atoms with Gasteiger partial charge in [0.25, 0.3) is 0 Å². The van der Waals surface area contributed by atoms with Crippen molar-refractivity contribution in [3.8, 4) is 0 Å². The summed E-state index contributed by atoms with van der Waals surface area (Å²) in [6, 6.07) is -0.536. The molecule has 0 saturated carbocycles. The Morgan fingerprint density at radius 3 is 2.00 bits per heavy atom. The number of hydrogen-bond acceptors (Lipinski definition) is 11. The summed E-state index contributed by atoms with van der Waals surface area (Å²) < 4.78 is 5.21. The third-order valence-corrected chi connectivity index (χ3v) is 5.33. The van der Waals surface area contributed by atoms with Crippen molar-refractivity contribution in [3.63, 3.8) is 0 Å². The van der Waals surface area contributed by atoms with Crippen LogP contribution >= 0.6 is 0 Å². The van der Waals surface area contributed by atoms with Gasteiger partial charge in [-0.15, -0.1) is 0 Å². The van der Waals surface area contributed by atoms with Crippen LogP contribution in [0.25, 0.3) is 0 Å². The van der Waals surface area contributed by atoms with E-state index in [1.165, 1.54) is 0 Å². The van der Waals surface area contributed by atoms with Crippen LogP contribution in [0.5, 0.6) is 0 Å². The summed E-state index contributed by atoms with van der Waals surface area (Å²) in [5, 5.41) is 59.7. The molecular weight excluding hydrogens is 456 g/mol. The number of aliphatic hydroxyl groups excluding tert-OH is 3. The average Bonchev–Trinajstić information content (AvgIpc) is 2.73. The molecule has 7 N–H and O–H groups in total. The van der Waals surface area contributed by atoms with Crippen LogP contribution in [0.15, 0.2) is 0 Å². The molecule has 0 aliphatic carbocycles. The number of carboxylic acid groups (broad SMARTS) is 3. The van der Waals surface area contributed by atoms with E-state index in [4.69, 9.17) is 14.9 Å². The quantitative estimate of drug-likeness (QED) is 0.131. The van der Waals surface area contributed by atoms with Crippen molar-refractivity contribution < 1.29 is 49.8 Å². The van der Waals surface area contributed by atoms with Gasteiger partial charge in [0.2, 0.25) is 0 Å². The topological polar surface area (TPSA) is 204 Å². The van der Waals surface area contributed by atoms with E-state index in [-0.39, 0.29) is 52.4 Å². The molecular formula is C20H38N4O10. The van der Waals surface area contributed by atoms with Crippen molar-refractivity contribution in [1.29, 1.82) is 0 Å². The second-order valence-electron chi connectivity index (χ2n) is 8.33. The number of nitrogens with one attached hydrogen (secondary N) is 1. The Morgan fingerprint density at radius 1 is 0.824 bits per heavy atom. The number of aliphatic hydroxyl groups is 3. The third-order valence-electron chi connectivity index (χ3n) is 5.33. The maximum absolute atomic E-state index is 11.5. The lowest BCUT2D eigenvalue weighted by molar-refractivity contribution is -0.141. The van der Waals surface area contributed by atoms with Gasteiger partial charge in [0.1, 0.15) is 6.10 Å². The van der Waals surface area contributed by atoms with E-state index < -0.39 is 42.8 Å². The second kappa shape index (κ2) is 16.7. The number of carboxylic acids is 3. The van der Waals surface area contributed by atoms with Crippen LogP contribution in [0.1, 0.15) is 6.42 Å². The fourth-order valence-electron chi connectivity index (χ4n) is 3.73. The van der Waals surface area contributed by atoms with E-state index in [2.05, 4.69) is 5.32 Å². The fourth-order valence-corrected chi connectivity index (χ4v) is 3.73. The molecule has 0 radical (unpaired) electrons. The number of nitrogens with zero attached hydrogens (tertiary/aromatic N) is 3. The lowest BCUT2D eigenvalue weighted by Gasteiger charge is -2.37. The maximum atomic E-state index is 11.5. The van der Waals surface area contributed by atoms with Crippen LogP contribution in [0.3, 0.4) is 0 Å². The van der Waals surface area contributed by atoms with Gasteiger partial charge in [-0.05, 0) is 6.42 Å². The molecule has 1 aliphatic heterocycles. The average molecular weight is 495 g/mol. The Labute approximate surface area is 198 Å². The van der Waals surface area contributed by atoms with Crippen molar-refractivity contribution in [3.05, 3.63) is 0 Å². The minimum atomic E-state index is -1.08. The van der Waals surface area contributed by atoms with Gasteiger partial charge in [0, 0.05) is 51.9 Å². The van der Waals surface area contributed by atoms with Crippen molar-refractivity contribution in [2.45, 2.75) is 24.7 Å². The summed E-state index contributed by atoms with van der Waals surface area (Å²) >= 11 is 0. The first-order valence-electron chi connectivity index (χ1n) is 11.2. The summed E-state index contributed by atoms with van der Waals surface area (Å²) in [4.78, 5) is 39.1. The van der Waals surface area contributed by atoms with Gasteiger partial charge >= 0.3 is 17.9 Å². The number of aliphatic carboxylic acids is 3. The standard InChI is InChI=1S/C20H38N4O10/c25-12-17(27)14-34-13-16(26)7-15-8-23(10-19(30)31)6-5-22(9-18(28)29)3-1-21-2-4-24(15)11-20(32)33/h15-17,21,25-27H,1-14H2,(H,28,29)(H,30,31)(H,32,33). The Morgan fingerprint density at radius 2 is 1.38 bits per heavy atom. The van der Waals surface area contributed by atoms with E-state index in [0.29, 0.717) is 32.7 Å². The molecule has 14 nitrogen and oxygen atoms in total. The highest BCUT2D eigenvalue weighted by Gasteiger charge is 2.27. The van der Waals surface area contributed by atoms with E-state index >= 15 is 0 Å². The zero-order valence-corrected chi connectivity index (χ0v) is 19.3. The number of carbonyl (C=O) groups is 3. The second-order valence-corrected chi connectivity index (χ2v) is 8.33. The first-order chi connectivity index (χ1) is 16.1. The van der Waals surface area contributed by atoms with Crippen molar-refractivity contribution in [2.24, 2.45) is 0 Å². The Bertz CT molecular complexity index is 626. The molecule has 1 rings (SSSR count). The van der Waals surface area contributed by atoms with E-state index in [1.807, 2.05) is 0 Å².